The van der Waals surface area contributed by atoms with Crippen LogP contribution in [0.5, 0.6) is 5.75 Å². The van der Waals surface area contributed by atoms with E-state index in [2.05, 4.69) is 27.9 Å². The van der Waals surface area contributed by atoms with Crippen LogP contribution in [-0.4, -0.2) is 21.0 Å². The fourth-order valence-corrected chi connectivity index (χ4v) is 3.67. The van der Waals surface area contributed by atoms with Crippen molar-refractivity contribution in [3.05, 3.63) is 94.8 Å². The third-order valence-corrected chi connectivity index (χ3v) is 5.50. The molecule has 36 heavy (non-hydrogen) atoms. The Kier molecular flexibility index (Phi) is 7.44. The molecule has 0 spiro atoms. The van der Waals surface area contributed by atoms with Crippen LogP contribution in [0, 0.1) is 0 Å². The van der Waals surface area contributed by atoms with Crippen LogP contribution in [-0.2, 0) is 19.2 Å². The number of carbonyl (C=O) groups excluding carboxylic acids is 1. The molecule has 0 radical (unpaired) electrons. The molecular formula is C25H21ClF3N5O2. The molecule has 0 atom stereocenters. The summed E-state index contributed by atoms with van der Waals surface area (Å²) in [7, 11) is 0. The molecular weight excluding hydrogens is 495 g/mol. The number of benzene rings is 3. The Labute approximate surface area is 209 Å². The summed E-state index contributed by atoms with van der Waals surface area (Å²) in [6, 6.07) is 16.9. The number of hydrogen-bond acceptors (Lipinski definition) is 4. The van der Waals surface area contributed by atoms with E-state index in [0.717, 1.165) is 29.8 Å². The summed E-state index contributed by atoms with van der Waals surface area (Å²) >= 11 is 5.61. The van der Waals surface area contributed by atoms with E-state index < -0.39 is 22.8 Å². The molecule has 0 aliphatic carbocycles. The second-order valence-electron chi connectivity index (χ2n) is 7.72. The third-order valence-electron chi connectivity index (χ3n) is 5.17. The van der Waals surface area contributed by atoms with E-state index in [1.807, 2.05) is 24.3 Å². The summed E-state index contributed by atoms with van der Waals surface area (Å²) in [5.41, 5.74) is 1.99. The first kappa shape index (κ1) is 25.1. The number of nitrogens with zero attached hydrogens (tertiary/aromatic N) is 3. The van der Waals surface area contributed by atoms with Crippen molar-refractivity contribution in [3.8, 4) is 11.4 Å². The van der Waals surface area contributed by atoms with Gasteiger partial charge < -0.3 is 15.4 Å². The number of carbonyl (C=O) groups is 1. The van der Waals surface area contributed by atoms with Crippen LogP contribution >= 0.6 is 11.6 Å². The van der Waals surface area contributed by atoms with Crippen LogP contribution in [0.2, 0.25) is 5.02 Å². The van der Waals surface area contributed by atoms with Gasteiger partial charge in [-0.25, -0.2) is 9.48 Å². The molecule has 0 aliphatic heterocycles. The molecule has 0 saturated heterocycles. The maximum Gasteiger partial charge on any atom is 0.417 e. The number of para-hydroxylation sites is 1. The highest BCUT2D eigenvalue weighted by molar-refractivity contribution is 6.31. The molecule has 0 unspecified atom stereocenters. The average molecular weight is 516 g/mol. The zero-order valence-electron chi connectivity index (χ0n) is 19.0. The lowest BCUT2D eigenvalue weighted by molar-refractivity contribution is -0.137. The molecule has 0 saturated carbocycles. The lowest BCUT2D eigenvalue weighted by atomic mass is 10.1. The molecule has 2 amide bonds. The molecule has 11 heteroatoms. The fourth-order valence-electron chi connectivity index (χ4n) is 3.45. The number of hydrogen-bond donors (Lipinski definition) is 2. The fraction of sp³-hybridized carbons (Fsp3) is 0.160. The van der Waals surface area contributed by atoms with Crippen molar-refractivity contribution in [2.24, 2.45) is 0 Å². The standard InChI is InChI=1S/C25H21ClF3N5O2/c1-2-16-6-3-4-9-23(16)34-14-19(32-33-34)15-36-20-8-5-7-17(12-20)30-24(35)31-18-10-11-22(26)21(13-18)25(27,28)29/h3-14H,2,15H2,1H3,(H2,30,31,35). The van der Waals surface area contributed by atoms with Crippen molar-refractivity contribution in [1.29, 1.82) is 0 Å². The molecule has 186 valence electrons. The van der Waals surface area contributed by atoms with Crippen LogP contribution in [0.4, 0.5) is 29.3 Å². The molecule has 4 rings (SSSR count). The number of ether oxygens (including phenoxy) is 1. The van der Waals surface area contributed by atoms with Gasteiger partial charge in [0, 0.05) is 17.4 Å². The second-order valence-corrected chi connectivity index (χ2v) is 8.13. The van der Waals surface area contributed by atoms with Crippen LogP contribution in [0.25, 0.3) is 5.69 Å². The Hall–Kier alpha value is -4.05. The Morgan fingerprint density at radius 3 is 2.53 bits per heavy atom. The van der Waals surface area contributed by atoms with Crippen molar-refractivity contribution >= 4 is 29.0 Å². The van der Waals surface area contributed by atoms with E-state index in [1.54, 1.807) is 35.1 Å². The summed E-state index contributed by atoms with van der Waals surface area (Å²) in [5, 5.41) is 12.8. The lowest BCUT2D eigenvalue weighted by Crippen LogP contribution is -2.20. The topological polar surface area (TPSA) is 81.1 Å². The van der Waals surface area contributed by atoms with Gasteiger partial charge in [0.2, 0.25) is 0 Å². The van der Waals surface area contributed by atoms with E-state index in [0.29, 0.717) is 17.1 Å². The number of aryl methyl sites for hydroxylation is 1. The first-order valence-electron chi connectivity index (χ1n) is 10.9. The van der Waals surface area contributed by atoms with Crippen molar-refractivity contribution in [2.75, 3.05) is 10.6 Å². The molecule has 4 aromatic rings. The van der Waals surface area contributed by atoms with Gasteiger partial charge in [0.05, 0.1) is 22.5 Å². The molecule has 1 aromatic heterocycles. The lowest BCUT2D eigenvalue weighted by Gasteiger charge is -2.13. The molecule has 0 fully saturated rings. The highest BCUT2D eigenvalue weighted by Gasteiger charge is 2.33. The van der Waals surface area contributed by atoms with Crippen molar-refractivity contribution in [3.63, 3.8) is 0 Å². The highest BCUT2D eigenvalue weighted by Crippen LogP contribution is 2.36. The van der Waals surface area contributed by atoms with Gasteiger partial charge in [-0.05, 0) is 48.4 Å². The minimum atomic E-state index is -4.64. The van der Waals surface area contributed by atoms with Crippen LogP contribution in [0.15, 0.2) is 72.9 Å². The van der Waals surface area contributed by atoms with Gasteiger partial charge >= 0.3 is 12.2 Å². The van der Waals surface area contributed by atoms with Gasteiger partial charge in [0.15, 0.2) is 0 Å². The van der Waals surface area contributed by atoms with Gasteiger partial charge in [-0.3, -0.25) is 0 Å². The Balaban J connectivity index is 1.37. The van der Waals surface area contributed by atoms with Gasteiger partial charge in [-0.2, -0.15) is 13.2 Å². The molecule has 0 bridgehead atoms. The molecule has 3 aromatic carbocycles. The second kappa shape index (κ2) is 10.7. The normalized spacial score (nSPS) is 11.2. The van der Waals surface area contributed by atoms with Crippen molar-refractivity contribution in [1.82, 2.24) is 15.0 Å². The third kappa shape index (κ3) is 6.14. The number of halogens is 4. The number of anilines is 2. The summed E-state index contributed by atoms with van der Waals surface area (Å²) in [6.45, 7) is 2.21. The quantitative estimate of drug-likeness (QED) is 0.286. The first-order valence-corrected chi connectivity index (χ1v) is 11.3. The average Bonchev–Trinajstić information content (AvgIpc) is 3.32. The SMILES string of the molecule is CCc1ccccc1-n1cc(COc2cccc(NC(=O)Nc3ccc(Cl)c(C(F)(F)F)c3)c2)nn1. The summed E-state index contributed by atoms with van der Waals surface area (Å²) in [5.74, 6) is 0.460. The smallest absolute Gasteiger partial charge is 0.417 e. The van der Waals surface area contributed by atoms with E-state index in [-0.39, 0.29) is 12.3 Å². The minimum Gasteiger partial charge on any atom is -0.487 e. The number of nitrogens with one attached hydrogen (secondary N) is 2. The maximum atomic E-state index is 13.0. The van der Waals surface area contributed by atoms with E-state index in [9.17, 15) is 18.0 Å². The highest BCUT2D eigenvalue weighted by atomic mass is 35.5. The van der Waals surface area contributed by atoms with E-state index >= 15 is 0 Å². The summed E-state index contributed by atoms with van der Waals surface area (Å²) in [6.07, 6.45) is -2.00. The predicted octanol–water partition coefficient (Wildman–Crippen LogP) is 6.72. The van der Waals surface area contributed by atoms with Crippen LogP contribution in [0.3, 0.4) is 0 Å². The predicted molar refractivity (Wildman–Crippen MR) is 131 cm³/mol. The minimum absolute atomic E-state index is 0.0515. The number of aromatic nitrogens is 3. The maximum absolute atomic E-state index is 13.0. The Morgan fingerprint density at radius 1 is 1.03 bits per heavy atom. The largest absolute Gasteiger partial charge is 0.487 e. The van der Waals surface area contributed by atoms with Gasteiger partial charge in [0.25, 0.3) is 0 Å². The zero-order valence-corrected chi connectivity index (χ0v) is 19.8. The Morgan fingerprint density at radius 2 is 1.78 bits per heavy atom. The van der Waals surface area contributed by atoms with Gasteiger partial charge in [-0.15, -0.1) is 5.10 Å². The van der Waals surface area contributed by atoms with Gasteiger partial charge in [0.1, 0.15) is 18.1 Å². The molecule has 7 nitrogen and oxygen atoms in total. The van der Waals surface area contributed by atoms with E-state index in [4.69, 9.17) is 16.3 Å². The number of amides is 2. The van der Waals surface area contributed by atoms with Crippen LogP contribution in [0.1, 0.15) is 23.7 Å². The van der Waals surface area contributed by atoms with Crippen molar-refractivity contribution < 1.29 is 22.7 Å². The van der Waals surface area contributed by atoms with Crippen molar-refractivity contribution in [2.45, 2.75) is 26.1 Å². The first-order chi connectivity index (χ1) is 17.2. The Bertz CT molecular complexity index is 1370. The number of urea groups is 1. The van der Waals surface area contributed by atoms with Crippen LogP contribution < -0.4 is 15.4 Å². The zero-order chi connectivity index (χ0) is 25.7. The molecule has 0 aliphatic rings. The summed E-state index contributed by atoms with van der Waals surface area (Å²) < 4.78 is 46.6. The monoisotopic (exact) mass is 515 g/mol. The summed E-state index contributed by atoms with van der Waals surface area (Å²) in [4.78, 5) is 12.3. The van der Waals surface area contributed by atoms with E-state index in [1.165, 1.54) is 6.07 Å². The van der Waals surface area contributed by atoms with Gasteiger partial charge in [-0.1, -0.05) is 48.0 Å². The molecule has 2 N–H and O–H groups in total. The number of alkyl halides is 3. The number of rotatable bonds is 7. The molecule has 1 heterocycles.